The number of hydrogen-bond donors (Lipinski definition) is 3. The summed E-state index contributed by atoms with van der Waals surface area (Å²) >= 11 is 1.59. The van der Waals surface area contributed by atoms with Gasteiger partial charge in [0, 0.05) is 40.7 Å². The minimum absolute atomic E-state index is 0.551. The average Bonchev–Trinajstić information content (AvgIpc) is 3.16. The maximum Gasteiger partial charge on any atom is 0.141 e. The molecule has 0 aliphatic heterocycles. The zero-order chi connectivity index (χ0) is 18.8. The number of aromatic nitrogens is 3. The Morgan fingerprint density at radius 2 is 2.07 bits per heavy atom. The third-order valence-corrected chi connectivity index (χ3v) is 4.99. The topological polar surface area (TPSA) is 110 Å². The van der Waals surface area contributed by atoms with Crippen molar-refractivity contribution in [2.75, 3.05) is 12.4 Å². The van der Waals surface area contributed by atoms with E-state index in [0.29, 0.717) is 22.7 Å². The summed E-state index contributed by atoms with van der Waals surface area (Å²) in [6, 6.07) is 9.66. The van der Waals surface area contributed by atoms with Crippen molar-refractivity contribution in [3.8, 4) is 5.75 Å². The Balaban J connectivity index is 1.84. The van der Waals surface area contributed by atoms with E-state index >= 15 is 0 Å². The number of rotatable bonds is 5. The number of fused-ring (bicyclic) bond motifs is 2. The van der Waals surface area contributed by atoms with Gasteiger partial charge in [0.15, 0.2) is 0 Å². The first-order valence-corrected chi connectivity index (χ1v) is 8.97. The molecule has 0 radical (unpaired) electrons. The summed E-state index contributed by atoms with van der Waals surface area (Å²) < 4.78 is 6.54. The van der Waals surface area contributed by atoms with Crippen molar-refractivity contribution >= 4 is 55.7 Å². The second-order valence-electron chi connectivity index (χ2n) is 5.72. The lowest BCUT2D eigenvalue weighted by molar-refractivity contribution is 0.414. The summed E-state index contributed by atoms with van der Waals surface area (Å²) in [7, 11) is 1.58. The standard InChI is InChI=1S/C19H16N6OS/c1-26-17-6-16-14(5-13(17)11(7-20)8-21)19(23-9-22-16)25-12-2-3-15-18(4-12)27-10-24-15/h2-10,20H,21H2,1H3,(H,22,23,25). The molecule has 4 rings (SSSR count). The Morgan fingerprint density at radius 3 is 2.85 bits per heavy atom. The highest BCUT2D eigenvalue weighted by Gasteiger charge is 2.13. The van der Waals surface area contributed by atoms with Crippen LogP contribution in [0.4, 0.5) is 11.5 Å². The fraction of sp³-hybridized carbons (Fsp3) is 0.0526. The van der Waals surface area contributed by atoms with Crippen molar-refractivity contribution in [2.24, 2.45) is 5.73 Å². The van der Waals surface area contributed by atoms with Gasteiger partial charge >= 0.3 is 0 Å². The Hall–Kier alpha value is -3.52. The number of hydrogen-bond acceptors (Lipinski definition) is 8. The molecule has 0 unspecified atom stereocenters. The molecule has 4 N–H and O–H groups in total. The van der Waals surface area contributed by atoms with Gasteiger partial charge in [0.05, 0.1) is 28.4 Å². The first-order chi connectivity index (χ1) is 13.2. The van der Waals surface area contributed by atoms with Gasteiger partial charge < -0.3 is 21.2 Å². The molecule has 27 heavy (non-hydrogen) atoms. The number of nitrogens with zero attached hydrogens (tertiary/aromatic N) is 3. The third-order valence-electron chi connectivity index (χ3n) is 4.20. The maximum absolute atomic E-state index is 7.59. The lowest BCUT2D eigenvalue weighted by atomic mass is 10.0. The van der Waals surface area contributed by atoms with E-state index in [1.807, 2.05) is 35.8 Å². The fourth-order valence-corrected chi connectivity index (χ4v) is 3.58. The number of ether oxygens (including phenoxy) is 1. The van der Waals surface area contributed by atoms with E-state index in [1.165, 1.54) is 18.7 Å². The van der Waals surface area contributed by atoms with Crippen molar-refractivity contribution in [1.82, 2.24) is 15.0 Å². The van der Waals surface area contributed by atoms with Crippen molar-refractivity contribution in [3.05, 3.63) is 53.9 Å². The van der Waals surface area contributed by atoms with Gasteiger partial charge in [-0.2, -0.15) is 0 Å². The molecule has 0 saturated carbocycles. The number of thiazole rings is 1. The number of nitrogens with one attached hydrogen (secondary N) is 2. The Morgan fingerprint density at radius 1 is 1.19 bits per heavy atom. The summed E-state index contributed by atoms with van der Waals surface area (Å²) in [6.07, 6.45) is 4.08. The monoisotopic (exact) mass is 376 g/mol. The molecule has 2 aromatic heterocycles. The van der Waals surface area contributed by atoms with Crippen molar-refractivity contribution < 1.29 is 4.74 Å². The van der Waals surface area contributed by atoms with Crippen LogP contribution in [0.5, 0.6) is 5.75 Å². The van der Waals surface area contributed by atoms with Crippen LogP contribution in [0, 0.1) is 5.41 Å². The predicted molar refractivity (Wildman–Crippen MR) is 110 cm³/mol. The quantitative estimate of drug-likeness (QED) is 0.455. The van der Waals surface area contributed by atoms with Crippen LogP contribution in [0.3, 0.4) is 0 Å². The minimum atomic E-state index is 0.551. The van der Waals surface area contributed by atoms with Crippen LogP contribution in [0.25, 0.3) is 26.7 Å². The molecule has 134 valence electrons. The van der Waals surface area contributed by atoms with E-state index < -0.39 is 0 Å². The van der Waals surface area contributed by atoms with Gasteiger partial charge in [-0.25, -0.2) is 15.0 Å². The maximum atomic E-state index is 7.59. The normalized spacial score (nSPS) is 11.7. The van der Waals surface area contributed by atoms with Gasteiger partial charge in [-0.15, -0.1) is 11.3 Å². The van der Waals surface area contributed by atoms with Gasteiger partial charge in [-0.1, -0.05) is 0 Å². The van der Waals surface area contributed by atoms with E-state index in [2.05, 4.69) is 20.3 Å². The summed E-state index contributed by atoms with van der Waals surface area (Å²) in [5, 5.41) is 11.7. The summed E-state index contributed by atoms with van der Waals surface area (Å²) in [6.45, 7) is 0. The molecule has 2 heterocycles. The zero-order valence-electron chi connectivity index (χ0n) is 14.4. The highest BCUT2D eigenvalue weighted by molar-refractivity contribution is 7.16. The van der Waals surface area contributed by atoms with Gasteiger partial charge in [-0.3, -0.25) is 0 Å². The Kier molecular flexibility index (Phi) is 4.39. The number of allylic oxidation sites excluding steroid dienone is 1. The van der Waals surface area contributed by atoms with Crippen LogP contribution in [-0.2, 0) is 0 Å². The van der Waals surface area contributed by atoms with Crippen LogP contribution < -0.4 is 15.8 Å². The van der Waals surface area contributed by atoms with E-state index in [1.54, 1.807) is 18.4 Å². The third kappa shape index (κ3) is 3.06. The molecule has 0 fully saturated rings. The Labute approximate surface area is 159 Å². The number of nitrogens with two attached hydrogens (primary N) is 1. The first-order valence-electron chi connectivity index (χ1n) is 8.09. The second kappa shape index (κ2) is 7.00. The van der Waals surface area contributed by atoms with Crippen LogP contribution >= 0.6 is 11.3 Å². The lowest BCUT2D eigenvalue weighted by Crippen LogP contribution is -2.00. The fourth-order valence-electron chi connectivity index (χ4n) is 2.86. The molecular weight excluding hydrogens is 360 g/mol. The highest BCUT2D eigenvalue weighted by Crippen LogP contribution is 2.33. The van der Waals surface area contributed by atoms with Gasteiger partial charge in [0.1, 0.15) is 17.9 Å². The molecule has 0 amide bonds. The average molecular weight is 376 g/mol. The van der Waals surface area contributed by atoms with E-state index in [4.69, 9.17) is 15.9 Å². The largest absolute Gasteiger partial charge is 0.496 e. The van der Waals surface area contributed by atoms with Crippen LogP contribution in [-0.4, -0.2) is 28.3 Å². The van der Waals surface area contributed by atoms with Gasteiger partial charge in [0.2, 0.25) is 0 Å². The Bertz CT molecular complexity index is 1180. The number of methoxy groups -OCH3 is 1. The smallest absolute Gasteiger partial charge is 0.141 e. The molecule has 4 aromatic rings. The molecule has 0 atom stereocenters. The summed E-state index contributed by atoms with van der Waals surface area (Å²) in [5.74, 6) is 1.26. The molecule has 2 aromatic carbocycles. The first kappa shape index (κ1) is 16.9. The predicted octanol–water partition coefficient (Wildman–Crippen LogP) is 3.94. The molecule has 0 saturated heterocycles. The zero-order valence-corrected chi connectivity index (χ0v) is 15.2. The molecule has 0 aliphatic rings. The molecule has 8 heteroatoms. The molecule has 0 bridgehead atoms. The molecule has 0 aliphatic carbocycles. The van der Waals surface area contributed by atoms with E-state index in [-0.39, 0.29) is 0 Å². The van der Waals surface area contributed by atoms with Crippen molar-refractivity contribution in [3.63, 3.8) is 0 Å². The second-order valence-corrected chi connectivity index (χ2v) is 6.60. The van der Waals surface area contributed by atoms with E-state index in [0.717, 1.165) is 26.8 Å². The van der Waals surface area contributed by atoms with Crippen molar-refractivity contribution in [2.45, 2.75) is 0 Å². The molecular formula is C19H16N6OS. The van der Waals surface area contributed by atoms with E-state index in [9.17, 15) is 0 Å². The van der Waals surface area contributed by atoms with Gasteiger partial charge in [-0.05, 0) is 24.3 Å². The van der Waals surface area contributed by atoms with Crippen molar-refractivity contribution in [1.29, 1.82) is 5.41 Å². The molecule has 0 spiro atoms. The lowest BCUT2D eigenvalue weighted by Gasteiger charge is -2.13. The minimum Gasteiger partial charge on any atom is -0.496 e. The summed E-state index contributed by atoms with van der Waals surface area (Å²) in [5.41, 5.74) is 11.4. The summed E-state index contributed by atoms with van der Waals surface area (Å²) in [4.78, 5) is 13.0. The highest BCUT2D eigenvalue weighted by atomic mass is 32.1. The van der Waals surface area contributed by atoms with Gasteiger partial charge in [0.25, 0.3) is 0 Å². The molecule has 7 nitrogen and oxygen atoms in total. The van der Waals surface area contributed by atoms with Crippen LogP contribution in [0.2, 0.25) is 0 Å². The number of anilines is 2. The SMILES string of the molecule is COc1cc2ncnc(Nc3ccc4ncsc4c3)c2cc1C(C=N)=CN. The number of benzene rings is 2. The van der Waals surface area contributed by atoms with Crippen LogP contribution in [0.1, 0.15) is 5.56 Å². The van der Waals surface area contributed by atoms with Crippen LogP contribution in [0.15, 0.2) is 48.4 Å².